The van der Waals surface area contributed by atoms with Gasteiger partial charge in [-0.2, -0.15) is 0 Å². The molecule has 2 aromatic carbocycles. The minimum Gasteiger partial charge on any atom is -0.497 e. The van der Waals surface area contributed by atoms with E-state index in [0.29, 0.717) is 22.7 Å². The lowest BCUT2D eigenvalue weighted by atomic mass is 10.1. The van der Waals surface area contributed by atoms with Crippen molar-refractivity contribution in [3.05, 3.63) is 64.2 Å². The minimum atomic E-state index is -0.496. The number of benzene rings is 2. The molecule has 7 nitrogen and oxygen atoms in total. The van der Waals surface area contributed by atoms with Crippen molar-refractivity contribution in [2.24, 2.45) is 0 Å². The number of nitro groups is 1. The molecule has 24 heavy (non-hydrogen) atoms. The van der Waals surface area contributed by atoms with E-state index >= 15 is 0 Å². The summed E-state index contributed by atoms with van der Waals surface area (Å²) in [6, 6.07) is 11.1. The lowest BCUT2D eigenvalue weighted by molar-refractivity contribution is -0.385. The number of carbonyl (C=O) groups is 1. The summed E-state index contributed by atoms with van der Waals surface area (Å²) in [5.41, 5.74) is 0.772. The molecule has 2 rings (SSSR count). The van der Waals surface area contributed by atoms with E-state index in [1.165, 1.54) is 32.4 Å². The predicted octanol–water partition coefficient (Wildman–Crippen LogP) is 3.26. The van der Waals surface area contributed by atoms with E-state index in [1.54, 1.807) is 36.4 Å². The largest absolute Gasteiger partial charge is 0.497 e. The number of amides is 1. The summed E-state index contributed by atoms with van der Waals surface area (Å²) in [6.45, 7) is 0. The Hall–Kier alpha value is -3.35. The summed E-state index contributed by atoms with van der Waals surface area (Å²) < 4.78 is 10.3. The van der Waals surface area contributed by atoms with Gasteiger partial charge in [-0.05, 0) is 12.1 Å². The fourth-order valence-electron chi connectivity index (χ4n) is 2.02. The van der Waals surface area contributed by atoms with Crippen LogP contribution in [0.25, 0.3) is 6.08 Å². The Labute approximate surface area is 138 Å². The van der Waals surface area contributed by atoms with E-state index in [1.807, 2.05) is 0 Å². The molecule has 0 bridgehead atoms. The van der Waals surface area contributed by atoms with Crippen LogP contribution in [0.15, 0.2) is 48.5 Å². The number of rotatable bonds is 6. The molecule has 0 unspecified atom stereocenters. The van der Waals surface area contributed by atoms with Crippen molar-refractivity contribution in [3.8, 4) is 11.5 Å². The molecule has 0 fully saturated rings. The van der Waals surface area contributed by atoms with E-state index in [2.05, 4.69) is 5.32 Å². The zero-order chi connectivity index (χ0) is 17.5. The van der Waals surface area contributed by atoms with Crippen molar-refractivity contribution >= 4 is 23.4 Å². The van der Waals surface area contributed by atoms with Crippen LogP contribution in [-0.2, 0) is 4.79 Å². The maximum Gasteiger partial charge on any atom is 0.276 e. The van der Waals surface area contributed by atoms with E-state index in [-0.39, 0.29) is 5.69 Å². The number of ether oxygens (including phenoxy) is 2. The number of hydrogen-bond acceptors (Lipinski definition) is 5. The van der Waals surface area contributed by atoms with Gasteiger partial charge in [-0.3, -0.25) is 14.9 Å². The monoisotopic (exact) mass is 328 g/mol. The zero-order valence-corrected chi connectivity index (χ0v) is 13.2. The Morgan fingerprint density at radius 1 is 1.12 bits per heavy atom. The fraction of sp³-hybridized carbons (Fsp3) is 0.118. The Bertz CT molecular complexity index is 764. The Balaban J connectivity index is 2.15. The number of methoxy groups -OCH3 is 2. The van der Waals surface area contributed by atoms with Gasteiger partial charge in [0.2, 0.25) is 5.91 Å². The van der Waals surface area contributed by atoms with Gasteiger partial charge < -0.3 is 14.8 Å². The topological polar surface area (TPSA) is 90.7 Å². The summed E-state index contributed by atoms with van der Waals surface area (Å²) in [5.74, 6) is 0.642. The molecule has 0 spiro atoms. The van der Waals surface area contributed by atoms with Crippen LogP contribution < -0.4 is 14.8 Å². The first kappa shape index (κ1) is 17.0. The van der Waals surface area contributed by atoms with E-state index in [0.717, 1.165) is 0 Å². The summed E-state index contributed by atoms with van der Waals surface area (Å²) in [7, 11) is 3.02. The normalized spacial score (nSPS) is 10.4. The van der Waals surface area contributed by atoms with Crippen molar-refractivity contribution in [1.29, 1.82) is 0 Å². The fourth-order valence-corrected chi connectivity index (χ4v) is 2.02. The molecule has 0 heterocycles. The van der Waals surface area contributed by atoms with Gasteiger partial charge in [0.1, 0.15) is 11.5 Å². The zero-order valence-electron chi connectivity index (χ0n) is 13.2. The number of carbonyl (C=O) groups excluding carboxylic acids is 1. The highest BCUT2D eigenvalue weighted by Crippen LogP contribution is 2.26. The Morgan fingerprint density at radius 2 is 1.75 bits per heavy atom. The molecule has 0 aliphatic rings. The van der Waals surface area contributed by atoms with Crippen LogP contribution in [0.1, 0.15) is 5.56 Å². The van der Waals surface area contributed by atoms with Gasteiger partial charge >= 0.3 is 0 Å². The highest BCUT2D eigenvalue weighted by Gasteiger charge is 2.10. The first-order chi connectivity index (χ1) is 11.5. The van der Waals surface area contributed by atoms with Gasteiger partial charge in [0.25, 0.3) is 5.69 Å². The maximum absolute atomic E-state index is 12.0. The molecule has 0 aliphatic carbocycles. The van der Waals surface area contributed by atoms with Crippen molar-refractivity contribution < 1.29 is 19.2 Å². The smallest absolute Gasteiger partial charge is 0.276 e. The van der Waals surface area contributed by atoms with Gasteiger partial charge in [-0.25, -0.2) is 0 Å². The van der Waals surface area contributed by atoms with Crippen molar-refractivity contribution in [3.63, 3.8) is 0 Å². The summed E-state index contributed by atoms with van der Waals surface area (Å²) in [4.78, 5) is 22.5. The minimum absolute atomic E-state index is 0.0652. The average Bonchev–Trinajstić information content (AvgIpc) is 2.59. The second-order valence-electron chi connectivity index (χ2n) is 4.74. The highest BCUT2D eigenvalue weighted by molar-refractivity contribution is 6.02. The van der Waals surface area contributed by atoms with Crippen LogP contribution in [0, 0.1) is 10.1 Å². The number of anilines is 1. The third-order valence-corrected chi connectivity index (χ3v) is 3.17. The molecule has 0 saturated heterocycles. The third kappa shape index (κ3) is 4.33. The molecule has 0 aromatic heterocycles. The third-order valence-electron chi connectivity index (χ3n) is 3.17. The summed E-state index contributed by atoms with van der Waals surface area (Å²) >= 11 is 0. The molecule has 0 saturated carbocycles. The molecule has 0 atom stereocenters. The second kappa shape index (κ2) is 7.77. The first-order valence-corrected chi connectivity index (χ1v) is 6.99. The number of nitro benzene ring substituents is 1. The molecule has 7 heteroatoms. The van der Waals surface area contributed by atoms with E-state index in [9.17, 15) is 14.9 Å². The highest BCUT2D eigenvalue weighted by atomic mass is 16.6. The first-order valence-electron chi connectivity index (χ1n) is 6.99. The lowest BCUT2D eigenvalue weighted by Crippen LogP contribution is -2.08. The number of para-hydroxylation sites is 1. The number of nitrogens with zero attached hydrogens (tertiary/aromatic N) is 1. The van der Waals surface area contributed by atoms with Crippen molar-refractivity contribution in [2.45, 2.75) is 0 Å². The molecular formula is C17H16N2O5. The van der Waals surface area contributed by atoms with Gasteiger partial charge in [0.15, 0.2) is 0 Å². The van der Waals surface area contributed by atoms with Crippen LogP contribution in [0.3, 0.4) is 0 Å². The van der Waals surface area contributed by atoms with Crippen LogP contribution in [0.4, 0.5) is 11.4 Å². The average molecular weight is 328 g/mol. The molecule has 1 N–H and O–H groups in total. The molecular weight excluding hydrogens is 312 g/mol. The summed E-state index contributed by atoms with van der Waals surface area (Å²) in [6.07, 6.45) is 2.62. The van der Waals surface area contributed by atoms with Crippen LogP contribution in [0.2, 0.25) is 0 Å². The lowest BCUT2D eigenvalue weighted by Gasteiger charge is -2.08. The van der Waals surface area contributed by atoms with Gasteiger partial charge in [-0.15, -0.1) is 0 Å². The van der Waals surface area contributed by atoms with Crippen molar-refractivity contribution in [2.75, 3.05) is 19.5 Å². The SMILES string of the molecule is COc1cc(NC(=O)C=Cc2ccccc2[N+](=O)[O-])cc(OC)c1. The molecule has 1 amide bonds. The quantitative estimate of drug-likeness (QED) is 0.499. The molecule has 0 aliphatic heterocycles. The standard InChI is InChI=1S/C17H16N2O5/c1-23-14-9-13(10-15(11-14)24-2)18-17(20)8-7-12-5-3-4-6-16(12)19(21)22/h3-11H,1-2H3,(H,18,20). The van der Waals surface area contributed by atoms with Gasteiger partial charge in [0, 0.05) is 36.0 Å². The van der Waals surface area contributed by atoms with Crippen LogP contribution in [-0.4, -0.2) is 25.1 Å². The molecule has 2 aromatic rings. The number of nitrogens with one attached hydrogen (secondary N) is 1. The molecule has 0 radical (unpaired) electrons. The predicted molar refractivity (Wildman–Crippen MR) is 90.3 cm³/mol. The van der Waals surface area contributed by atoms with E-state index < -0.39 is 10.8 Å². The van der Waals surface area contributed by atoms with Gasteiger partial charge in [-0.1, -0.05) is 12.1 Å². The second-order valence-corrected chi connectivity index (χ2v) is 4.74. The van der Waals surface area contributed by atoms with Gasteiger partial charge in [0.05, 0.1) is 24.7 Å². The van der Waals surface area contributed by atoms with Crippen molar-refractivity contribution in [1.82, 2.24) is 0 Å². The van der Waals surface area contributed by atoms with E-state index in [4.69, 9.17) is 9.47 Å². The summed E-state index contributed by atoms with van der Waals surface area (Å²) in [5, 5.41) is 13.6. The maximum atomic E-state index is 12.0. The van der Waals surface area contributed by atoms with Crippen LogP contribution >= 0.6 is 0 Å². The Morgan fingerprint density at radius 3 is 2.33 bits per heavy atom. The molecule has 124 valence electrons. The van der Waals surface area contributed by atoms with Crippen LogP contribution in [0.5, 0.6) is 11.5 Å². The Kier molecular flexibility index (Phi) is 5.51. The number of hydrogen-bond donors (Lipinski definition) is 1.